The van der Waals surface area contributed by atoms with Crippen LogP contribution in [0.5, 0.6) is 0 Å². The maximum absolute atomic E-state index is 11.2. The van der Waals surface area contributed by atoms with Crippen LogP contribution in [0.25, 0.3) is 0 Å². The summed E-state index contributed by atoms with van der Waals surface area (Å²) in [5.74, 6) is -0.144. The standard InChI is InChI=1S/C9H9BrN2OS/c1-12(9(13)2-3-11)5-7-4-8(10)14-6-7/h4,6H,2,5H2,1H3. The average Bonchev–Trinajstić information content (AvgIpc) is 2.51. The molecule has 74 valence electrons. The topological polar surface area (TPSA) is 44.1 Å². The van der Waals surface area contributed by atoms with Gasteiger partial charge in [0.2, 0.25) is 5.91 Å². The molecular weight excluding hydrogens is 264 g/mol. The van der Waals surface area contributed by atoms with Gasteiger partial charge in [-0.2, -0.15) is 5.26 Å². The Kier molecular flexibility index (Phi) is 4.11. The van der Waals surface area contributed by atoms with E-state index in [0.29, 0.717) is 6.54 Å². The molecule has 3 nitrogen and oxygen atoms in total. The van der Waals surface area contributed by atoms with Crippen LogP contribution < -0.4 is 0 Å². The molecular formula is C9H9BrN2OS. The molecule has 0 fully saturated rings. The van der Waals surface area contributed by atoms with Gasteiger partial charge in [0.25, 0.3) is 0 Å². The van der Waals surface area contributed by atoms with Crippen molar-refractivity contribution in [3.05, 3.63) is 20.8 Å². The molecule has 0 atom stereocenters. The molecule has 0 aromatic carbocycles. The lowest BCUT2D eigenvalue weighted by Gasteiger charge is -2.14. The van der Waals surface area contributed by atoms with E-state index in [1.54, 1.807) is 23.3 Å². The first-order valence-electron chi connectivity index (χ1n) is 3.97. The number of hydrogen-bond donors (Lipinski definition) is 0. The summed E-state index contributed by atoms with van der Waals surface area (Å²) in [5.41, 5.74) is 1.08. The van der Waals surface area contributed by atoms with E-state index in [1.165, 1.54) is 0 Å². The molecule has 0 N–H and O–H groups in total. The van der Waals surface area contributed by atoms with Crippen molar-refractivity contribution >= 4 is 33.2 Å². The van der Waals surface area contributed by atoms with E-state index in [1.807, 2.05) is 17.5 Å². The molecule has 0 saturated carbocycles. The average molecular weight is 273 g/mol. The van der Waals surface area contributed by atoms with Crippen molar-refractivity contribution in [2.75, 3.05) is 7.05 Å². The highest BCUT2D eigenvalue weighted by molar-refractivity contribution is 9.11. The van der Waals surface area contributed by atoms with Gasteiger partial charge in [-0.25, -0.2) is 0 Å². The van der Waals surface area contributed by atoms with Gasteiger partial charge in [0.15, 0.2) is 0 Å². The van der Waals surface area contributed by atoms with E-state index in [-0.39, 0.29) is 12.3 Å². The van der Waals surface area contributed by atoms with Gasteiger partial charge >= 0.3 is 0 Å². The van der Waals surface area contributed by atoms with Crippen molar-refractivity contribution in [1.82, 2.24) is 4.90 Å². The minimum atomic E-state index is -0.144. The van der Waals surface area contributed by atoms with Gasteiger partial charge < -0.3 is 4.90 Å². The molecule has 0 spiro atoms. The van der Waals surface area contributed by atoms with Crippen LogP contribution in [0.3, 0.4) is 0 Å². The molecule has 0 aliphatic rings. The predicted molar refractivity (Wildman–Crippen MR) is 58.7 cm³/mol. The third-order valence-electron chi connectivity index (χ3n) is 1.70. The number of nitrogens with zero attached hydrogens (tertiary/aromatic N) is 2. The zero-order valence-electron chi connectivity index (χ0n) is 7.66. The minimum Gasteiger partial charge on any atom is -0.341 e. The summed E-state index contributed by atoms with van der Waals surface area (Å²) in [6, 6.07) is 3.81. The Labute approximate surface area is 95.1 Å². The van der Waals surface area contributed by atoms with Crippen molar-refractivity contribution in [3.8, 4) is 6.07 Å². The first-order valence-corrected chi connectivity index (χ1v) is 5.64. The summed E-state index contributed by atoms with van der Waals surface area (Å²) in [4.78, 5) is 12.8. The van der Waals surface area contributed by atoms with E-state index in [2.05, 4.69) is 15.9 Å². The summed E-state index contributed by atoms with van der Waals surface area (Å²) in [5, 5.41) is 10.3. The fourth-order valence-electron chi connectivity index (χ4n) is 0.993. The van der Waals surface area contributed by atoms with Crippen LogP contribution in [0.4, 0.5) is 0 Å². The molecule has 0 saturated heterocycles. The number of hydrogen-bond acceptors (Lipinski definition) is 3. The van der Waals surface area contributed by atoms with Gasteiger partial charge in [-0.3, -0.25) is 4.79 Å². The van der Waals surface area contributed by atoms with E-state index in [0.717, 1.165) is 9.35 Å². The maximum Gasteiger partial charge on any atom is 0.236 e. The summed E-state index contributed by atoms with van der Waals surface area (Å²) in [7, 11) is 1.70. The molecule has 1 aromatic heterocycles. The number of halogens is 1. The number of carbonyl (C=O) groups is 1. The predicted octanol–water partition coefficient (Wildman–Crippen LogP) is 2.38. The second-order valence-corrected chi connectivity index (χ2v) is 5.13. The first kappa shape index (κ1) is 11.2. The van der Waals surface area contributed by atoms with Crippen LogP contribution >= 0.6 is 27.3 Å². The highest BCUT2D eigenvalue weighted by Gasteiger charge is 2.08. The smallest absolute Gasteiger partial charge is 0.236 e. The highest BCUT2D eigenvalue weighted by atomic mass is 79.9. The van der Waals surface area contributed by atoms with Crippen molar-refractivity contribution in [3.63, 3.8) is 0 Å². The third-order valence-corrected chi connectivity index (χ3v) is 3.25. The molecule has 0 unspecified atom stereocenters. The first-order chi connectivity index (χ1) is 6.63. The maximum atomic E-state index is 11.2. The van der Waals surface area contributed by atoms with Crippen LogP contribution in [0.15, 0.2) is 15.2 Å². The lowest BCUT2D eigenvalue weighted by molar-refractivity contribution is -0.129. The molecule has 0 aliphatic heterocycles. The second kappa shape index (κ2) is 5.13. The Morgan fingerprint density at radius 3 is 3.00 bits per heavy atom. The Bertz CT molecular complexity index is 369. The van der Waals surface area contributed by atoms with Crippen LogP contribution in [0, 0.1) is 11.3 Å². The van der Waals surface area contributed by atoms with Gasteiger partial charge in [-0.05, 0) is 32.9 Å². The molecule has 1 amide bonds. The molecule has 1 rings (SSSR count). The fraction of sp³-hybridized carbons (Fsp3) is 0.333. The number of nitriles is 1. The van der Waals surface area contributed by atoms with E-state index < -0.39 is 0 Å². The zero-order chi connectivity index (χ0) is 10.6. The quantitative estimate of drug-likeness (QED) is 0.848. The molecule has 14 heavy (non-hydrogen) atoms. The summed E-state index contributed by atoms with van der Waals surface area (Å²) >= 11 is 4.94. The molecule has 1 heterocycles. The highest BCUT2D eigenvalue weighted by Crippen LogP contribution is 2.21. The van der Waals surface area contributed by atoms with Gasteiger partial charge in [0.1, 0.15) is 6.42 Å². The van der Waals surface area contributed by atoms with Gasteiger partial charge in [-0.1, -0.05) is 0 Å². The zero-order valence-corrected chi connectivity index (χ0v) is 10.1. The number of carbonyl (C=O) groups excluding carboxylic acids is 1. The lowest BCUT2D eigenvalue weighted by atomic mass is 10.3. The van der Waals surface area contributed by atoms with Crippen LogP contribution in [0.1, 0.15) is 12.0 Å². The normalized spacial score (nSPS) is 9.50. The lowest BCUT2D eigenvalue weighted by Crippen LogP contribution is -2.25. The Morgan fingerprint density at radius 1 is 1.79 bits per heavy atom. The number of thiophene rings is 1. The van der Waals surface area contributed by atoms with Crippen molar-refractivity contribution in [1.29, 1.82) is 5.26 Å². The second-order valence-electron chi connectivity index (χ2n) is 2.84. The van der Waals surface area contributed by atoms with E-state index in [4.69, 9.17) is 5.26 Å². The summed E-state index contributed by atoms with van der Waals surface area (Å²) in [6.07, 6.45) is -0.0538. The summed E-state index contributed by atoms with van der Waals surface area (Å²) in [6.45, 7) is 0.558. The van der Waals surface area contributed by atoms with Gasteiger partial charge in [0, 0.05) is 13.6 Å². The van der Waals surface area contributed by atoms with E-state index >= 15 is 0 Å². The summed E-state index contributed by atoms with van der Waals surface area (Å²) < 4.78 is 1.05. The van der Waals surface area contributed by atoms with Crippen LogP contribution in [-0.2, 0) is 11.3 Å². The molecule has 5 heteroatoms. The van der Waals surface area contributed by atoms with Gasteiger partial charge in [-0.15, -0.1) is 11.3 Å². The van der Waals surface area contributed by atoms with E-state index in [9.17, 15) is 4.79 Å². The number of amides is 1. The molecule has 0 bridgehead atoms. The van der Waals surface area contributed by atoms with Crippen molar-refractivity contribution < 1.29 is 4.79 Å². The van der Waals surface area contributed by atoms with Gasteiger partial charge in [0.05, 0.1) is 9.86 Å². The molecule has 0 radical (unpaired) electrons. The van der Waals surface area contributed by atoms with Crippen LogP contribution in [0.2, 0.25) is 0 Å². The SMILES string of the molecule is CN(Cc1csc(Br)c1)C(=O)CC#N. The monoisotopic (exact) mass is 272 g/mol. The fourth-order valence-corrected chi connectivity index (χ4v) is 2.19. The Hall–Kier alpha value is -0.860. The van der Waals surface area contributed by atoms with Crippen molar-refractivity contribution in [2.45, 2.75) is 13.0 Å². The molecule has 1 aromatic rings. The minimum absolute atomic E-state index is 0.0538. The Balaban J connectivity index is 2.53. The Morgan fingerprint density at radius 2 is 2.50 bits per heavy atom. The van der Waals surface area contributed by atoms with Crippen molar-refractivity contribution in [2.24, 2.45) is 0 Å². The number of rotatable bonds is 3. The largest absolute Gasteiger partial charge is 0.341 e. The third kappa shape index (κ3) is 3.13. The molecule has 0 aliphatic carbocycles. The van der Waals surface area contributed by atoms with Crippen LogP contribution in [-0.4, -0.2) is 17.9 Å².